The first-order valence-corrected chi connectivity index (χ1v) is 20.6. The zero-order valence-corrected chi connectivity index (χ0v) is 33.0. The number of hydrogen-bond donors (Lipinski definition) is 1. The molecule has 2 spiro atoms. The molecule has 4 aliphatic carbocycles. The number of aromatic nitrogens is 2. The maximum absolute atomic E-state index is 15.1. The van der Waals surface area contributed by atoms with E-state index < -0.39 is 41.0 Å². The average molecular weight is 731 g/mol. The highest BCUT2D eigenvalue weighted by Crippen LogP contribution is 2.88. The Morgan fingerprint density at radius 2 is 1.62 bits per heavy atom. The summed E-state index contributed by atoms with van der Waals surface area (Å²) in [4.78, 5) is 93.8. The van der Waals surface area contributed by atoms with Crippen LogP contribution in [0.2, 0.25) is 0 Å². The number of amides is 2. The number of nitrogens with zero attached hydrogens (tertiary/aromatic N) is 3. The third-order valence-electron chi connectivity index (χ3n) is 14.7. The molecule has 4 saturated carbocycles. The molecule has 2 amide bonds. The smallest absolute Gasteiger partial charge is 0.272 e. The van der Waals surface area contributed by atoms with E-state index >= 15 is 4.79 Å². The Morgan fingerprint density at radius 3 is 2.17 bits per heavy atom. The van der Waals surface area contributed by atoms with Crippen LogP contribution < -0.4 is 5.32 Å². The molecular formula is C43H62N4O6. The van der Waals surface area contributed by atoms with Crippen molar-refractivity contribution in [3.05, 3.63) is 24.3 Å². The van der Waals surface area contributed by atoms with E-state index in [1.165, 1.54) is 18.6 Å². The van der Waals surface area contributed by atoms with Crippen LogP contribution in [0.25, 0.3) is 0 Å². The summed E-state index contributed by atoms with van der Waals surface area (Å²) in [5.74, 6) is -2.94. The van der Waals surface area contributed by atoms with Gasteiger partial charge >= 0.3 is 0 Å². The zero-order chi connectivity index (χ0) is 38.3. The molecule has 10 nitrogen and oxygen atoms in total. The summed E-state index contributed by atoms with van der Waals surface area (Å²) in [5, 5.41) is 2.99. The number of likely N-dealkylation sites (tertiary alicyclic amines) is 1. The molecular weight excluding hydrogens is 668 g/mol. The summed E-state index contributed by atoms with van der Waals surface area (Å²) >= 11 is 0. The molecule has 5 atom stereocenters. The topological polar surface area (TPSA) is 143 Å². The van der Waals surface area contributed by atoms with Crippen molar-refractivity contribution in [1.82, 2.24) is 20.2 Å². The molecule has 0 unspecified atom stereocenters. The quantitative estimate of drug-likeness (QED) is 0.181. The van der Waals surface area contributed by atoms with E-state index in [4.69, 9.17) is 0 Å². The monoisotopic (exact) mass is 730 g/mol. The molecule has 1 saturated heterocycles. The van der Waals surface area contributed by atoms with E-state index in [-0.39, 0.29) is 76.3 Å². The molecule has 10 heteroatoms. The lowest BCUT2D eigenvalue weighted by Crippen LogP contribution is -2.51. The molecule has 0 aromatic carbocycles. The number of rotatable bonds is 16. The number of hydrogen-bond acceptors (Lipinski definition) is 8. The van der Waals surface area contributed by atoms with Crippen molar-refractivity contribution in [2.24, 2.45) is 45.3 Å². The van der Waals surface area contributed by atoms with Gasteiger partial charge < -0.3 is 10.2 Å². The summed E-state index contributed by atoms with van der Waals surface area (Å²) in [7, 11) is 0. The molecule has 290 valence electrons. The van der Waals surface area contributed by atoms with Crippen LogP contribution >= 0.6 is 0 Å². The molecule has 53 heavy (non-hydrogen) atoms. The number of ketones is 4. The summed E-state index contributed by atoms with van der Waals surface area (Å²) < 4.78 is 0. The van der Waals surface area contributed by atoms with Crippen molar-refractivity contribution in [3.8, 4) is 0 Å². The Labute approximate surface area is 315 Å². The van der Waals surface area contributed by atoms with Crippen LogP contribution in [-0.2, 0) is 24.0 Å². The number of fused-ring (bicyclic) bond motifs is 1. The number of Topliss-reactive ketones (excluding diaryl/α,β-unsaturated/α-hetero) is 4. The molecule has 0 bridgehead atoms. The summed E-state index contributed by atoms with van der Waals surface area (Å²) in [6, 6.07) is -1.47. The van der Waals surface area contributed by atoms with Gasteiger partial charge in [0.2, 0.25) is 11.7 Å². The Balaban J connectivity index is 1.26. The maximum Gasteiger partial charge on any atom is 0.272 e. The second-order valence-corrected chi connectivity index (χ2v) is 18.9. The molecule has 5 fully saturated rings. The van der Waals surface area contributed by atoms with Gasteiger partial charge in [-0.15, -0.1) is 0 Å². The summed E-state index contributed by atoms with van der Waals surface area (Å²) in [5.41, 5.74) is -0.655. The van der Waals surface area contributed by atoms with Gasteiger partial charge in [-0.3, -0.25) is 33.8 Å². The Kier molecular flexibility index (Phi) is 11.2. The van der Waals surface area contributed by atoms with Crippen LogP contribution in [0, 0.1) is 45.3 Å². The number of nitrogens with one attached hydrogen (secondary N) is 1. The van der Waals surface area contributed by atoms with Crippen molar-refractivity contribution in [1.29, 1.82) is 0 Å². The Bertz CT molecular complexity index is 1580. The standard InChI is InChI=1S/C43H62N4O6/c1-7-12-29(37(51)35(50)21-27-15-16-27)22-33(48)32-24-43(41(5,6)42(43)17-11-18-42)26-47(32)39(53)30(40(2,3)4)23-34(49)36(28-13-9-8-10-14-28)46-38(52)31-25-44-19-20-45-31/h19-20,25,27-30,32,36H,7-18,21-24,26H2,1-6H3,(H,46,52)/t29-,30-,32+,36+,43-/m1/s1. The fourth-order valence-electron chi connectivity index (χ4n) is 10.9. The zero-order valence-electron chi connectivity index (χ0n) is 33.0. The van der Waals surface area contributed by atoms with Crippen molar-refractivity contribution in [3.63, 3.8) is 0 Å². The van der Waals surface area contributed by atoms with Gasteiger partial charge in [-0.2, -0.15) is 0 Å². The van der Waals surface area contributed by atoms with Crippen molar-refractivity contribution >= 4 is 34.9 Å². The number of carbonyl (C=O) groups excluding carboxylic acids is 6. The third-order valence-corrected chi connectivity index (χ3v) is 14.7. The second-order valence-electron chi connectivity index (χ2n) is 18.9. The molecule has 1 aromatic rings. The van der Waals surface area contributed by atoms with Gasteiger partial charge in [-0.05, 0) is 79.4 Å². The first-order chi connectivity index (χ1) is 25.1. The van der Waals surface area contributed by atoms with Gasteiger partial charge in [0.25, 0.3) is 5.91 Å². The van der Waals surface area contributed by atoms with Crippen LogP contribution in [0.5, 0.6) is 0 Å². The van der Waals surface area contributed by atoms with Crippen molar-refractivity contribution in [2.45, 2.75) is 156 Å². The highest BCUT2D eigenvalue weighted by atomic mass is 16.2. The molecule has 2 heterocycles. The van der Waals surface area contributed by atoms with Gasteiger partial charge in [-0.25, -0.2) is 4.98 Å². The number of carbonyl (C=O) groups is 6. The van der Waals surface area contributed by atoms with Crippen molar-refractivity contribution < 1.29 is 28.8 Å². The van der Waals surface area contributed by atoms with Crippen LogP contribution in [-0.4, -0.2) is 68.4 Å². The largest absolute Gasteiger partial charge is 0.341 e. The van der Waals surface area contributed by atoms with Gasteiger partial charge in [0.05, 0.1) is 18.3 Å². The molecule has 1 N–H and O–H groups in total. The average Bonchev–Trinajstić information content (AvgIpc) is 3.94. The normalized spacial score (nSPS) is 26.4. The van der Waals surface area contributed by atoms with E-state index in [0.29, 0.717) is 25.8 Å². The summed E-state index contributed by atoms with van der Waals surface area (Å²) in [6.07, 6.45) is 16.1. The lowest BCUT2D eigenvalue weighted by Gasteiger charge is -2.37. The Morgan fingerprint density at radius 1 is 0.925 bits per heavy atom. The SMILES string of the molecule is CCC[C@H](CC(=O)[C@@H]1C[C@@]2(CN1C(=O)[C@@H](CC(=O)[C@@H](NC(=O)c1cnccn1)C1CCCCC1)C(C)(C)C)C(C)(C)C21CCC1)C(=O)C(=O)CC1CC1. The van der Waals surface area contributed by atoms with Gasteiger partial charge in [-0.1, -0.05) is 73.6 Å². The fourth-order valence-corrected chi connectivity index (χ4v) is 10.9. The maximum atomic E-state index is 15.1. The predicted octanol–water partition coefficient (Wildman–Crippen LogP) is 6.89. The highest BCUT2D eigenvalue weighted by molar-refractivity contribution is 6.38. The van der Waals surface area contributed by atoms with Gasteiger partial charge in [0, 0.05) is 55.5 Å². The van der Waals surface area contributed by atoms with E-state index in [1.807, 2.05) is 27.7 Å². The van der Waals surface area contributed by atoms with E-state index in [1.54, 1.807) is 4.90 Å². The minimum absolute atomic E-state index is 0.0432. The first-order valence-electron chi connectivity index (χ1n) is 20.6. The molecule has 5 aliphatic rings. The highest BCUT2D eigenvalue weighted by Gasteiger charge is 2.85. The lowest BCUT2D eigenvalue weighted by atomic mass is 9.73. The first kappa shape index (κ1) is 39.4. The van der Waals surface area contributed by atoms with Gasteiger partial charge in [0.15, 0.2) is 17.3 Å². The molecule has 6 rings (SSSR count). The van der Waals surface area contributed by atoms with Crippen LogP contribution in [0.4, 0.5) is 0 Å². The summed E-state index contributed by atoms with van der Waals surface area (Å²) in [6.45, 7) is 12.9. The third kappa shape index (κ3) is 7.41. The Hall–Kier alpha value is -3.30. The van der Waals surface area contributed by atoms with Gasteiger partial charge in [0.1, 0.15) is 5.69 Å². The molecule has 1 aliphatic heterocycles. The van der Waals surface area contributed by atoms with Crippen LogP contribution in [0.15, 0.2) is 18.6 Å². The predicted molar refractivity (Wildman–Crippen MR) is 200 cm³/mol. The van der Waals surface area contributed by atoms with E-state index in [0.717, 1.165) is 64.2 Å². The van der Waals surface area contributed by atoms with E-state index in [9.17, 15) is 24.0 Å². The lowest BCUT2D eigenvalue weighted by molar-refractivity contribution is -0.147. The fraction of sp³-hybridized carbons (Fsp3) is 0.767. The molecule has 1 aromatic heterocycles. The minimum Gasteiger partial charge on any atom is -0.341 e. The minimum atomic E-state index is -0.764. The van der Waals surface area contributed by atoms with E-state index in [2.05, 4.69) is 29.1 Å². The molecule has 0 radical (unpaired) electrons. The second kappa shape index (κ2) is 15.1. The van der Waals surface area contributed by atoms with Crippen LogP contribution in [0.1, 0.15) is 155 Å². The van der Waals surface area contributed by atoms with Crippen molar-refractivity contribution in [2.75, 3.05) is 6.54 Å². The van der Waals surface area contributed by atoms with Crippen LogP contribution in [0.3, 0.4) is 0 Å².